The predicted molar refractivity (Wildman–Crippen MR) is 90.5 cm³/mol. The molecule has 0 aliphatic carbocycles. The Kier molecular flexibility index (Phi) is 9.15. The van der Waals surface area contributed by atoms with Crippen LogP contribution < -0.4 is 11.1 Å². The second-order valence-electron chi connectivity index (χ2n) is 5.51. The van der Waals surface area contributed by atoms with Crippen LogP contribution >= 0.6 is 34.8 Å². The molecule has 22 heavy (non-hydrogen) atoms. The molecule has 0 bridgehead atoms. The second-order valence-corrected chi connectivity index (χ2v) is 8.03. The first kappa shape index (κ1) is 21.3. The van der Waals surface area contributed by atoms with E-state index >= 15 is 0 Å². The fraction of sp³-hybridized carbons (Fsp3) is 0.692. The number of carbonyl (C=O) groups is 1. The van der Waals surface area contributed by atoms with Crippen LogP contribution in [0.15, 0.2) is 16.8 Å². The summed E-state index contributed by atoms with van der Waals surface area (Å²) in [6.45, 7) is 5.69. The Bertz CT molecular complexity index is 426. The number of rotatable bonds is 5. The zero-order valence-electron chi connectivity index (χ0n) is 12.8. The van der Waals surface area contributed by atoms with Crippen molar-refractivity contribution in [1.29, 1.82) is 0 Å². The van der Waals surface area contributed by atoms with E-state index in [0.717, 1.165) is 0 Å². The maximum Gasteiger partial charge on any atom is 0.412 e. The molecule has 0 spiro atoms. The Labute approximate surface area is 145 Å². The molecule has 0 atom stereocenters. The van der Waals surface area contributed by atoms with Crippen LogP contribution in [0.3, 0.4) is 0 Å². The highest BCUT2D eigenvalue weighted by Gasteiger charge is 2.22. The quantitative estimate of drug-likeness (QED) is 0.298. The number of amidine groups is 1. The third-order valence-corrected chi connectivity index (χ3v) is 2.68. The summed E-state index contributed by atoms with van der Waals surface area (Å²) in [6, 6.07) is 0. The zero-order chi connectivity index (χ0) is 17.4. The van der Waals surface area contributed by atoms with Gasteiger partial charge in [0.05, 0.1) is 0 Å². The molecule has 6 nitrogen and oxygen atoms in total. The van der Waals surface area contributed by atoms with Crippen molar-refractivity contribution in [2.75, 3.05) is 19.8 Å². The van der Waals surface area contributed by atoms with Gasteiger partial charge in [-0.2, -0.15) is 0 Å². The number of nitrogens with zero attached hydrogens (tertiary/aromatic N) is 1. The number of ether oxygens (including phenoxy) is 1. The molecule has 0 radical (unpaired) electrons. The fourth-order valence-corrected chi connectivity index (χ4v) is 1.21. The first-order chi connectivity index (χ1) is 9.95. The average molecular weight is 375 g/mol. The van der Waals surface area contributed by atoms with Gasteiger partial charge in [-0.25, -0.2) is 4.79 Å². The number of allylic oxidation sites excluding steroid dienone is 1. The number of halogens is 3. The Morgan fingerprint density at radius 1 is 1.36 bits per heavy atom. The highest BCUT2D eigenvalue weighted by atomic mass is 35.6. The molecule has 0 aliphatic rings. The monoisotopic (exact) mass is 373 g/mol. The van der Waals surface area contributed by atoms with Crippen LogP contribution in [-0.2, 0) is 4.74 Å². The minimum atomic E-state index is -1.69. The van der Waals surface area contributed by atoms with Crippen LogP contribution in [-0.4, -0.2) is 40.6 Å². The fourth-order valence-electron chi connectivity index (χ4n) is 1.04. The van der Waals surface area contributed by atoms with Crippen molar-refractivity contribution in [3.8, 4) is 0 Å². The van der Waals surface area contributed by atoms with E-state index in [4.69, 9.17) is 50.4 Å². The lowest BCUT2D eigenvalue weighted by Gasteiger charge is -2.19. The van der Waals surface area contributed by atoms with Crippen molar-refractivity contribution in [3.63, 3.8) is 0 Å². The highest BCUT2D eigenvalue weighted by Crippen LogP contribution is 2.25. The van der Waals surface area contributed by atoms with E-state index in [-0.39, 0.29) is 17.9 Å². The molecular weight excluding hydrogens is 353 g/mol. The molecule has 1 amide bonds. The number of aliphatic imine (C=N–C) groups is 1. The topological polar surface area (TPSA) is 96.9 Å². The van der Waals surface area contributed by atoms with Gasteiger partial charge in [0, 0.05) is 24.3 Å². The van der Waals surface area contributed by atoms with Gasteiger partial charge in [-0.15, -0.1) is 0 Å². The van der Waals surface area contributed by atoms with Crippen LogP contribution in [0, 0.1) is 5.41 Å². The number of amides is 1. The van der Waals surface area contributed by atoms with Crippen LogP contribution in [0.25, 0.3) is 0 Å². The zero-order valence-corrected chi connectivity index (χ0v) is 15.1. The average Bonchev–Trinajstić information content (AvgIpc) is 2.34. The van der Waals surface area contributed by atoms with Gasteiger partial charge in [0.2, 0.25) is 3.79 Å². The van der Waals surface area contributed by atoms with E-state index in [0.29, 0.717) is 18.7 Å². The largest absolute Gasteiger partial charge is 0.445 e. The summed E-state index contributed by atoms with van der Waals surface area (Å²) in [4.78, 5) is 15.8. The van der Waals surface area contributed by atoms with Gasteiger partial charge >= 0.3 is 6.09 Å². The summed E-state index contributed by atoms with van der Waals surface area (Å²) >= 11 is 16.5. The Morgan fingerprint density at radius 3 is 2.41 bits per heavy atom. The third kappa shape index (κ3) is 11.0. The third-order valence-electron chi connectivity index (χ3n) is 2.35. The maximum absolute atomic E-state index is 11.7. The molecule has 9 heteroatoms. The summed E-state index contributed by atoms with van der Waals surface area (Å²) in [7, 11) is 0. The van der Waals surface area contributed by atoms with E-state index in [2.05, 4.69) is 10.3 Å². The van der Waals surface area contributed by atoms with Gasteiger partial charge in [-0.1, -0.05) is 55.6 Å². The number of aliphatic hydroxyl groups excluding tert-OH is 1. The number of nitrogens with two attached hydrogens (primary N) is 1. The summed E-state index contributed by atoms with van der Waals surface area (Å²) in [5, 5.41) is 11.2. The molecule has 0 aromatic rings. The van der Waals surface area contributed by atoms with Gasteiger partial charge < -0.3 is 15.6 Å². The van der Waals surface area contributed by atoms with E-state index in [9.17, 15) is 4.79 Å². The van der Waals surface area contributed by atoms with Gasteiger partial charge in [-0.05, 0) is 12.5 Å². The van der Waals surface area contributed by atoms with Crippen LogP contribution in [0.4, 0.5) is 4.79 Å². The standard InChI is InChI=1S/C13H22Cl3N3O3/c1-12(2,3)9(17)7-10(18-5-4-6-20)19-11(21)22-8-13(14,15)16/h7,20H,4-6,8,17H2,1-3H3,(H,18,19,21)/b9-7-. The number of aliphatic hydroxyl groups is 1. The normalized spacial score (nSPS) is 14.0. The first-order valence-electron chi connectivity index (χ1n) is 6.59. The molecule has 0 aromatic carbocycles. The Morgan fingerprint density at radius 2 is 1.95 bits per heavy atom. The molecule has 0 heterocycles. The van der Waals surface area contributed by atoms with Crippen LogP contribution in [0.5, 0.6) is 0 Å². The smallest absolute Gasteiger partial charge is 0.412 e. The SMILES string of the molecule is CC(C)(C)/C(N)=C/C(=NCCCO)NC(=O)OCC(Cl)(Cl)Cl. The van der Waals surface area contributed by atoms with E-state index in [1.54, 1.807) is 0 Å². The van der Waals surface area contributed by atoms with Crippen molar-refractivity contribution in [2.45, 2.75) is 31.0 Å². The summed E-state index contributed by atoms with van der Waals surface area (Å²) < 4.78 is 3.08. The number of carbonyl (C=O) groups excluding carboxylic acids is 1. The van der Waals surface area contributed by atoms with Gasteiger partial charge in [0.1, 0.15) is 12.4 Å². The molecule has 0 aromatic heterocycles. The molecule has 0 unspecified atom stereocenters. The van der Waals surface area contributed by atoms with Gasteiger partial charge in [-0.3, -0.25) is 10.3 Å². The molecule has 0 fully saturated rings. The molecule has 0 saturated carbocycles. The van der Waals surface area contributed by atoms with Gasteiger partial charge in [0.25, 0.3) is 0 Å². The molecule has 128 valence electrons. The number of alkyl halides is 3. The molecular formula is C13H22Cl3N3O3. The molecule has 0 rings (SSSR count). The Balaban J connectivity index is 4.88. The van der Waals surface area contributed by atoms with Crippen molar-refractivity contribution in [1.82, 2.24) is 5.32 Å². The van der Waals surface area contributed by atoms with E-state index in [1.807, 2.05) is 20.8 Å². The summed E-state index contributed by atoms with van der Waals surface area (Å²) in [5.74, 6) is 0.218. The number of hydrogen-bond donors (Lipinski definition) is 3. The summed E-state index contributed by atoms with van der Waals surface area (Å²) in [5.41, 5.74) is 6.18. The molecule has 4 N–H and O–H groups in total. The summed E-state index contributed by atoms with van der Waals surface area (Å²) in [6.07, 6.45) is 1.18. The first-order valence-corrected chi connectivity index (χ1v) is 7.72. The lowest BCUT2D eigenvalue weighted by atomic mass is 9.92. The molecule has 0 saturated heterocycles. The number of nitrogens with one attached hydrogen (secondary N) is 1. The van der Waals surface area contributed by atoms with Crippen molar-refractivity contribution in [3.05, 3.63) is 11.8 Å². The van der Waals surface area contributed by atoms with Crippen molar-refractivity contribution < 1.29 is 14.6 Å². The molecule has 0 aliphatic heterocycles. The maximum atomic E-state index is 11.7. The lowest BCUT2D eigenvalue weighted by Crippen LogP contribution is -2.33. The van der Waals surface area contributed by atoms with Crippen molar-refractivity contribution >= 4 is 46.7 Å². The minimum Gasteiger partial charge on any atom is -0.445 e. The predicted octanol–water partition coefficient (Wildman–Crippen LogP) is 2.75. The van der Waals surface area contributed by atoms with Crippen molar-refractivity contribution in [2.24, 2.45) is 16.1 Å². The van der Waals surface area contributed by atoms with Crippen LogP contribution in [0.1, 0.15) is 27.2 Å². The highest BCUT2D eigenvalue weighted by molar-refractivity contribution is 6.67. The van der Waals surface area contributed by atoms with E-state index in [1.165, 1.54) is 6.08 Å². The number of hydrogen-bond acceptors (Lipinski definition) is 5. The Hall–Kier alpha value is -0.690. The van der Waals surface area contributed by atoms with Gasteiger partial charge in [0.15, 0.2) is 0 Å². The van der Waals surface area contributed by atoms with Crippen LogP contribution in [0.2, 0.25) is 0 Å². The lowest BCUT2D eigenvalue weighted by molar-refractivity contribution is 0.154. The number of alkyl carbamates (subject to hydrolysis) is 1. The second kappa shape index (κ2) is 9.45. The van der Waals surface area contributed by atoms with E-state index < -0.39 is 16.5 Å². The minimum absolute atomic E-state index is 0.00699.